The van der Waals surface area contributed by atoms with Crippen LogP contribution in [0.4, 0.5) is 13.2 Å². The summed E-state index contributed by atoms with van der Waals surface area (Å²) in [5, 5.41) is 10.4. The van der Waals surface area contributed by atoms with Gasteiger partial charge in [0.2, 0.25) is 5.88 Å². The Labute approximate surface area is 190 Å². The molecule has 2 aromatic rings. The molecular formula is C19H27F3IN5O2. The number of hydrogen-bond donors (Lipinski definition) is 2. The van der Waals surface area contributed by atoms with Crippen molar-refractivity contribution >= 4 is 29.9 Å². The van der Waals surface area contributed by atoms with Gasteiger partial charge in [0.15, 0.2) is 18.3 Å². The minimum absolute atomic E-state index is 0. The molecule has 0 saturated heterocycles. The molecular weight excluding hydrogens is 514 g/mol. The molecule has 2 rings (SSSR count). The summed E-state index contributed by atoms with van der Waals surface area (Å²) < 4.78 is 46.4. The number of halogens is 4. The summed E-state index contributed by atoms with van der Waals surface area (Å²) in [5.74, 6) is 1.57. The zero-order chi connectivity index (χ0) is 21.3. The van der Waals surface area contributed by atoms with Gasteiger partial charge in [-0.05, 0) is 18.4 Å². The summed E-state index contributed by atoms with van der Waals surface area (Å²) in [6.07, 6.45) is -0.928. The quantitative estimate of drug-likeness (QED) is 0.278. The van der Waals surface area contributed by atoms with Gasteiger partial charge in [-0.1, -0.05) is 25.1 Å². The topological polar surface area (TPSA) is 84.6 Å². The Hall–Kier alpha value is -2.05. The average molecular weight is 541 g/mol. The Balaban J connectivity index is 0.00000450. The second-order valence-corrected chi connectivity index (χ2v) is 6.42. The summed E-state index contributed by atoms with van der Waals surface area (Å²) in [5.41, 5.74) is 1.72. The van der Waals surface area contributed by atoms with Gasteiger partial charge in [-0.3, -0.25) is 4.99 Å². The molecule has 0 aliphatic heterocycles. The van der Waals surface area contributed by atoms with Crippen molar-refractivity contribution in [3.05, 3.63) is 41.4 Å². The first-order chi connectivity index (χ1) is 13.8. The number of hydrogen-bond acceptors (Lipinski definition) is 5. The van der Waals surface area contributed by atoms with Gasteiger partial charge in [0.25, 0.3) is 0 Å². The first-order valence-electron chi connectivity index (χ1n) is 9.39. The number of nitrogens with one attached hydrogen (secondary N) is 2. The number of aromatic nitrogens is 2. The molecule has 0 aromatic carbocycles. The fourth-order valence-corrected chi connectivity index (χ4v) is 2.65. The van der Waals surface area contributed by atoms with E-state index in [4.69, 9.17) is 4.52 Å². The van der Waals surface area contributed by atoms with Crippen LogP contribution in [0.3, 0.4) is 0 Å². The van der Waals surface area contributed by atoms with E-state index >= 15 is 0 Å². The number of aliphatic imine (C=N–C) groups is 1. The lowest BCUT2D eigenvalue weighted by Crippen LogP contribution is -2.36. The SMILES string of the molecule is CCC(CC)c1cc(CNC(=NC)NCc2ccc(OCC(F)(F)F)nc2)on1.I. The zero-order valence-electron chi connectivity index (χ0n) is 17.1. The van der Waals surface area contributed by atoms with Crippen molar-refractivity contribution in [3.8, 4) is 5.88 Å². The molecule has 2 aromatic heterocycles. The van der Waals surface area contributed by atoms with Crippen molar-refractivity contribution in [2.24, 2.45) is 4.99 Å². The maximum atomic E-state index is 12.1. The van der Waals surface area contributed by atoms with Crippen LogP contribution in [0.5, 0.6) is 5.88 Å². The molecule has 0 bridgehead atoms. The van der Waals surface area contributed by atoms with Crippen LogP contribution >= 0.6 is 24.0 Å². The fraction of sp³-hybridized carbons (Fsp3) is 0.526. The summed E-state index contributed by atoms with van der Waals surface area (Å²) in [6.45, 7) is 3.69. The molecule has 0 amide bonds. The third kappa shape index (κ3) is 8.76. The Bertz CT molecular complexity index is 777. The van der Waals surface area contributed by atoms with Crippen LogP contribution in [-0.4, -0.2) is 35.9 Å². The second-order valence-electron chi connectivity index (χ2n) is 6.42. The van der Waals surface area contributed by atoms with Crippen LogP contribution in [0.2, 0.25) is 0 Å². The van der Waals surface area contributed by atoms with Gasteiger partial charge in [-0.25, -0.2) is 4.98 Å². The Morgan fingerprint density at radius 2 is 1.90 bits per heavy atom. The Morgan fingerprint density at radius 3 is 2.47 bits per heavy atom. The van der Waals surface area contributed by atoms with Crippen molar-refractivity contribution < 1.29 is 22.4 Å². The predicted molar refractivity (Wildman–Crippen MR) is 118 cm³/mol. The zero-order valence-corrected chi connectivity index (χ0v) is 19.5. The van der Waals surface area contributed by atoms with Crippen molar-refractivity contribution in [3.63, 3.8) is 0 Å². The summed E-state index contributed by atoms with van der Waals surface area (Å²) >= 11 is 0. The van der Waals surface area contributed by atoms with Gasteiger partial charge in [-0.2, -0.15) is 13.2 Å². The van der Waals surface area contributed by atoms with Crippen molar-refractivity contribution in [2.75, 3.05) is 13.7 Å². The fourth-order valence-electron chi connectivity index (χ4n) is 2.65. The molecule has 168 valence electrons. The highest BCUT2D eigenvalue weighted by atomic mass is 127. The lowest BCUT2D eigenvalue weighted by molar-refractivity contribution is -0.154. The molecule has 0 aliphatic carbocycles. The maximum Gasteiger partial charge on any atom is 0.422 e. The van der Waals surface area contributed by atoms with Crippen LogP contribution in [0.25, 0.3) is 0 Å². The lowest BCUT2D eigenvalue weighted by Gasteiger charge is -2.11. The van der Waals surface area contributed by atoms with Crippen molar-refractivity contribution in [1.82, 2.24) is 20.8 Å². The van der Waals surface area contributed by atoms with Crippen LogP contribution in [0.15, 0.2) is 33.9 Å². The summed E-state index contributed by atoms with van der Waals surface area (Å²) in [6, 6.07) is 4.98. The first-order valence-corrected chi connectivity index (χ1v) is 9.39. The van der Waals surface area contributed by atoms with E-state index in [0.717, 1.165) is 24.1 Å². The molecule has 30 heavy (non-hydrogen) atoms. The van der Waals surface area contributed by atoms with E-state index in [1.165, 1.54) is 12.3 Å². The molecule has 0 spiro atoms. The van der Waals surface area contributed by atoms with E-state index in [1.54, 1.807) is 13.1 Å². The normalized spacial score (nSPS) is 11.9. The molecule has 11 heteroatoms. The largest absolute Gasteiger partial charge is 0.468 e. The maximum absolute atomic E-state index is 12.1. The highest BCUT2D eigenvalue weighted by Crippen LogP contribution is 2.22. The molecule has 0 atom stereocenters. The third-order valence-electron chi connectivity index (χ3n) is 4.28. The number of ether oxygens (including phenoxy) is 1. The predicted octanol–water partition coefficient (Wildman–Crippen LogP) is 4.40. The molecule has 2 heterocycles. The smallest absolute Gasteiger partial charge is 0.422 e. The van der Waals surface area contributed by atoms with Crippen molar-refractivity contribution in [2.45, 2.75) is 51.9 Å². The van der Waals surface area contributed by atoms with Gasteiger partial charge in [-0.15, -0.1) is 24.0 Å². The number of guanidine groups is 1. The first kappa shape index (κ1) is 26.0. The molecule has 0 radical (unpaired) electrons. The molecule has 7 nitrogen and oxygen atoms in total. The van der Waals surface area contributed by atoms with E-state index in [-0.39, 0.29) is 29.9 Å². The van der Waals surface area contributed by atoms with Crippen LogP contribution in [0, 0.1) is 0 Å². The second kappa shape index (κ2) is 12.6. The van der Waals surface area contributed by atoms with Crippen LogP contribution < -0.4 is 15.4 Å². The van der Waals surface area contributed by atoms with E-state index < -0.39 is 12.8 Å². The van der Waals surface area contributed by atoms with Gasteiger partial charge < -0.3 is 19.9 Å². The van der Waals surface area contributed by atoms with E-state index in [9.17, 15) is 13.2 Å². The monoisotopic (exact) mass is 541 g/mol. The van der Waals surface area contributed by atoms with Crippen LogP contribution in [0.1, 0.15) is 49.6 Å². The average Bonchev–Trinajstić information content (AvgIpc) is 3.16. The van der Waals surface area contributed by atoms with E-state index in [0.29, 0.717) is 30.7 Å². The molecule has 2 N–H and O–H groups in total. The molecule has 0 aliphatic rings. The number of nitrogens with zero attached hydrogens (tertiary/aromatic N) is 3. The molecule has 0 fully saturated rings. The van der Waals surface area contributed by atoms with Crippen molar-refractivity contribution in [1.29, 1.82) is 0 Å². The van der Waals surface area contributed by atoms with E-state index in [2.05, 4.69) is 44.4 Å². The Kier molecular flexibility index (Phi) is 10.9. The van der Waals surface area contributed by atoms with Crippen LogP contribution in [-0.2, 0) is 13.1 Å². The summed E-state index contributed by atoms with van der Waals surface area (Å²) in [7, 11) is 1.64. The molecule has 0 unspecified atom stereocenters. The number of alkyl halides is 3. The van der Waals surface area contributed by atoms with Gasteiger partial charge in [0, 0.05) is 37.8 Å². The standard InChI is InChI=1S/C19H26F3N5O2.HI/c1-4-14(5-2)16-8-15(29-27-16)11-26-18(23-3)25-10-13-6-7-17(24-9-13)28-12-19(20,21)22;/h6-9,14H,4-5,10-12H2,1-3H3,(H2,23,25,26);1H. The van der Waals surface area contributed by atoms with Gasteiger partial charge in [0.1, 0.15) is 0 Å². The number of rotatable bonds is 9. The summed E-state index contributed by atoms with van der Waals surface area (Å²) in [4.78, 5) is 8.00. The lowest BCUT2D eigenvalue weighted by atomic mass is 9.99. The number of pyridine rings is 1. The highest BCUT2D eigenvalue weighted by molar-refractivity contribution is 14.0. The highest BCUT2D eigenvalue weighted by Gasteiger charge is 2.28. The van der Waals surface area contributed by atoms with Gasteiger partial charge >= 0.3 is 6.18 Å². The van der Waals surface area contributed by atoms with Gasteiger partial charge in [0.05, 0.1) is 12.2 Å². The Morgan fingerprint density at radius 1 is 1.20 bits per heavy atom. The minimum atomic E-state index is -4.39. The third-order valence-corrected chi connectivity index (χ3v) is 4.28. The van der Waals surface area contributed by atoms with E-state index in [1.807, 2.05) is 6.07 Å². The molecule has 0 saturated carbocycles. The minimum Gasteiger partial charge on any atom is -0.468 e.